The van der Waals surface area contributed by atoms with Crippen molar-refractivity contribution in [3.63, 3.8) is 0 Å². The maximum atomic E-state index is 8.44. The Morgan fingerprint density at radius 3 is 2.18 bits per heavy atom. The number of nitrogens with zero attached hydrogens (tertiary/aromatic N) is 1. The molecule has 3 N–H and O–H groups in total. The molecule has 11 heavy (non-hydrogen) atoms. The molecule has 1 saturated carbocycles. The van der Waals surface area contributed by atoms with Crippen molar-refractivity contribution in [3.05, 3.63) is 0 Å². The number of rotatable bonds is 1. The molecule has 1 fully saturated rings. The highest BCUT2D eigenvalue weighted by molar-refractivity contribution is 5.82. The van der Waals surface area contributed by atoms with E-state index in [1.807, 2.05) is 0 Å². The zero-order valence-electron chi connectivity index (χ0n) is 6.79. The molecule has 0 saturated heterocycles. The summed E-state index contributed by atoms with van der Waals surface area (Å²) in [6.07, 6.45) is 7.23. The summed E-state index contributed by atoms with van der Waals surface area (Å²) in [4.78, 5) is 0. The topological polar surface area (TPSA) is 58.6 Å². The summed E-state index contributed by atoms with van der Waals surface area (Å²) in [5.41, 5.74) is 5.52. The Morgan fingerprint density at radius 1 is 1.18 bits per heavy atom. The summed E-state index contributed by atoms with van der Waals surface area (Å²) in [7, 11) is 0. The van der Waals surface area contributed by atoms with E-state index in [4.69, 9.17) is 10.9 Å². The van der Waals surface area contributed by atoms with Crippen LogP contribution in [0.2, 0.25) is 0 Å². The third-order valence-electron chi connectivity index (χ3n) is 2.39. The monoisotopic (exact) mass is 156 g/mol. The van der Waals surface area contributed by atoms with Gasteiger partial charge in [-0.15, -0.1) is 0 Å². The molecule has 0 atom stereocenters. The number of amidine groups is 1. The van der Waals surface area contributed by atoms with E-state index in [0.717, 1.165) is 12.8 Å². The van der Waals surface area contributed by atoms with Crippen LogP contribution in [0.4, 0.5) is 0 Å². The molecule has 1 aliphatic carbocycles. The predicted molar refractivity (Wildman–Crippen MR) is 44.6 cm³/mol. The van der Waals surface area contributed by atoms with E-state index in [-0.39, 0.29) is 0 Å². The van der Waals surface area contributed by atoms with Gasteiger partial charge in [0.05, 0.1) is 0 Å². The van der Waals surface area contributed by atoms with Crippen LogP contribution in [0.15, 0.2) is 5.16 Å². The molecule has 0 aromatic heterocycles. The van der Waals surface area contributed by atoms with Gasteiger partial charge in [-0.3, -0.25) is 0 Å². The van der Waals surface area contributed by atoms with Crippen LogP contribution in [-0.2, 0) is 0 Å². The molecule has 0 aliphatic heterocycles. The van der Waals surface area contributed by atoms with Crippen molar-refractivity contribution in [3.8, 4) is 0 Å². The van der Waals surface area contributed by atoms with Gasteiger partial charge in [0, 0.05) is 5.92 Å². The maximum absolute atomic E-state index is 8.44. The number of hydrogen-bond donors (Lipinski definition) is 2. The fourth-order valence-corrected chi connectivity index (χ4v) is 1.66. The smallest absolute Gasteiger partial charge is 0.142 e. The normalized spacial score (nSPS) is 23.1. The van der Waals surface area contributed by atoms with Gasteiger partial charge in [-0.2, -0.15) is 0 Å². The van der Waals surface area contributed by atoms with E-state index in [0.29, 0.717) is 11.8 Å². The van der Waals surface area contributed by atoms with Gasteiger partial charge < -0.3 is 10.9 Å². The average molecular weight is 156 g/mol. The molecule has 0 radical (unpaired) electrons. The lowest BCUT2D eigenvalue weighted by Crippen LogP contribution is -2.23. The van der Waals surface area contributed by atoms with Crippen molar-refractivity contribution >= 4 is 5.84 Å². The summed E-state index contributed by atoms with van der Waals surface area (Å²) in [5, 5.41) is 11.5. The molecule has 0 amide bonds. The Labute approximate surface area is 67.3 Å². The summed E-state index contributed by atoms with van der Waals surface area (Å²) >= 11 is 0. The number of nitrogens with two attached hydrogens (primary N) is 1. The van der Waals surface area contributed by atoms with Crippen LogP contribution >= 0.6 is 0 Å². The van der Waals surface area contributed by atoms with Crippen LogP contribution in [-0.4, -0.2) is 11.0 Å². The average Bonchev–Trinajstić information content (AvgIpc) is 2.30. The van der Waals surface area contributed by atoms with Crippen molar-refractivity contribution in [1.29, 1.82) is 0 Å². The maximum Gasteiger partial charge on any atom is 0.142 e. The fourth-order valence-electron chi connectivity index (χ4n) is 1.66. The van der Waals surface area contributed by atoms with E-state index in [1.54, 1.807) is 0 Å². The van der Waals surface area contributed by atoms with Gasteiger partial charge in [0.2, 0.25) is 0 Å². The van der Waals surface area contributed by atoms with Gasteiger partial charge in [-0.05, 0) is 12.8 Å². The van der Waals surface area contributed by atoms with Gasteiger partial charge in [-0.25, -0.2) is 0 Å². The van der Waals surface area contributed by atoms with Crippen LogP contribution in [0.5, 0.6) is 0 Å². The first kappa shape index (κ1) is 8.37. The predicted octanol–water partition coefficient (Wildman–Crippen LogP) is 1.70. The van der Waals surface area contributed by atoms with Crippen molar-refractivity contribution in [2.75, 3.05) is 0 Å². The van der Waals surface area contributed by atoms with Gasteiger partial charge in [0.25, 0.3) is 0 Å². The Morgan fingerprint density at radius 2 is 1.73 bits per heavy atom. The number of hydrogen-bond acceptors (Lipinski definition) is 2. The molecule has 3 nitrogen and oxygen atoms in total. The molecule has 0 spiro atoms. The van der Waals surface area contributed by atoms with Crippen molar-refractivity contribution in [1.82, 2.24) is 0 Å². The van der Waals surface area contributed by atoms with E-state index in [1.165, 1.54) is 25.7 Å². The van der Waals surface area contributed by atoms with E-state index in [9.17, 15) is 0 Å². The second-order valence-electron chi connectivity index (χ2n) is 3.21. The van der Waals surface area contributed by atoms with E-state index >= 15 is 0 Å². The van der Waals surface area contributed by atoms with Crippen LogP contribution in [0, 0.1) is 5.92 Å². The Bertz CT molecular complexity index is 137. The third-order valence-corrected chi connectivity index (χ3v) is 2.39. The van der Waals surface area contributed by atoms with Crippen LogP contribution in [0.25, 0.3) is 0 Å². The Balaban J connectivity index is 2.42. The third kappa shape index (κ3) is 2.41. The van der Waals surface area contributed by atoms with Gasteiger partial charge >= 0.3 is 0 Å². The van der Waals surface area contributed by atoms with Crippen LogP contribution < -0.4 is 5.73 Å². The zero-order chi connectivity index (χ0) is 8.10. The molecular formula is C8H16N2O. The van der Waals surface area contributed by atoms with E-state index < -0.39 is 0 Å². The molecule has 64 valence electrons. The minimum absolute atomic E-state index is 0.336. The van der Waals surface area contributed by atoms with Crippen molar-refractivity contribution < 1.29 is 5.21 Å². The number of oxime groups is 1. The minimum atomic E-state index is 0.336. The first-order valence-corrected chi connectivity index (χ1v) is 4.32. The summed E-state index contributed by atoms with van der Waals surface area (Å²) < 4.78 is 0. The molecule has 3 heteroatoms. The summed E-state index contributed by atoms with van der Waals surface area (Å²) in [6.45, 7) is 0. The van der Waals surface area contributed by atoms with Gasteiger partial charge in [0.15, 0.2) is 0 Å². The minimum Gasteiger partial charge on any atom is -0.409 e. The SMILES string of the molecule is N/C(=N/O)C1CCCCCC1. The largest absolute Gasteiger partial charge is 0.409 e. The summed E-state index contributed by atoms with van der Waals surface area (Å²) in [6, 6.07) is 0. The fraction of sp³-hybridized carbons (Fsp3) is 0.875. The molecule has 1 aliphatic rings. The summed E-state index contributed by atoms with van der Waals surface area (Å²) in [5.74, 6) is 0.759. The quantitative estimate of drug-likeness (QED) is 0.199. The first-order valence-electron chi connectivity index (χ1n) is 4.32. The Hall–Kier alpha value is -0.730. The van der Waals surface area contributed by atoms with Gasteiger partial charge in [-0.1, -0.05) is 30.8 Å². The lowest BCUT2D eigenvalue weighted by Gasteiger charge is -2.10. The van der Waals surface area contributed by atoms with Gasteiger partial charge in [0.1, 0.15) is 5.84 Å². The highest BCUT2D eigenvalue weighted by Crippen LogP contribution is 2.22. The van der Waals surface area contributed by atoms with Crippen molar-refractivity contribution in [2.45, 2.75) is 38.5 Å². The molecule has 0 bridgehead atoms. The molecule has 0 aromatic rings. The molecular weight excluding hydrogens is 140 g/mol. The van der Waals surface area contributed by atoms with Crippen LogP contribution in [0.1, 0.15) is 38.5 Å². The standard InChI is InChI=1S/C8H16N2O/c9-8(10-11)7-5-3-1-2-4-6-7/h7,11H,1-6H2,(H2,9,10). The van der Waals surface area contributed by atoms with E-state index in [2.05, 4.69) is 5.16 Å². The highest BCUT2D eigenvalue weighted by Gasteiger charge is 2.15. The second kappa shape index (κ2) is 4.21. The van der Waals surface area contributed by atoms with Crippen molar-refractivity contribution in [2.24, 2.45) is 16.8 Å². The highest BCUT2D eigenvalue weighted by atomic mass is 16.4. The molecule has 1 rings (SSSR count). The Kier molecular flexibility index (Phi) is 3.20. The zero-order valence-corrected chi connectivity index (χ0v) is 6.79. The molecule has 0 heterocycles. The second-order valence-corrected chi connectivity index (χ2v) is 3.21. The first-order chi connectivity index (χ1) is 5.34. The molecule has 0 unspecified atom stereocenters. The lowest BCUT2D eigenvalue weighted by molar-refractivity contribution is 0.312. The lowest BCUT2D eigenvalue weighted by atomic mass is 10.00. The molecule has 0 aromatic carbocycles. The van der Waals surface area contributed by atoms with Crippen LogP contribution in [0.3, 0.4) is 0 Å².